The van der Waals surface area contributed by atoms with Crippen LogP contribution in [0.1, 0.15) is 16.9 Å². The standard InChI is InChI=1S/C15H15N5OS/c1-11-4-7-22-13(11)2-3-14(21)19-12-8-17-15(18-9-12)20-6-5-16-10-20/h4-10H,2-3H2,1H3,(H,19,21). The van der Waals surface area contributed by atoms with E-state index in [9.17, 15) is 4.79 Å². The Morgan fingerprint density at radius 1 is 1.36 bits per heavy atom. The molecule has 0 bridgehead atoms. The van der Waals surface area contributed by atoms with Crippen molar-refractivity contribution in [3.8, 4) is 5.95 Å². The van der Waals surface area contributed by atoms with Crippen molar-refractivity contribution in [2.45, 2.75) is 19.8 Å². The molecule has 6 nitrogen and oxygen atoms in total. The van der Waals surface area contributed by atoms with Crippen molar-refractivity contribution in [2.75, 3.05) is 5.32 Å². The first-order chi connectivity index (χ1) is 10.7. The van der Waals surface area contributed by atoms with Crippen molar-refractivity contribution in [1.82, 2.24) is 19.5 Å². The van der Waals surface area contributed by atoms with Gasteiger partial charge in [-0.1, -0.05) is 0 Å². The number of hydrogen-bond acceptors (Lipinski definition) is 5. The third-order valence-corrected chi connectivity index (χ3v) is 4.29. The molecule has 3 aromatic heterocycles. The Bertz CT molecular complexity index is 749. The zero-order valence-corrected chi connectivity index (χ0v) is 12.9. The summed E-state index contributed by atoms with van der Waals surface area (Å²) in [7, 11) is 0. The molecule has 0 aromatic carbocycles. The number of hydrogen-bond donors (Lipinski definition) is 1. The first-order valence-corrected chi connectivity index (χ1v) is 7.73. The van der Waals surface area contributed by atoms with E-state index < -0.39 is 0 Å². The molecule has 3 heterocycles. The number of imidazole rings is 1. The fraction of sp³-hybridized carbons (Fsp3) is 0.200. The van der Waals surface area contributed by atoms with Crippen molar-refractivity contribution in [3.63, 3.8) is 0 Å². The summed E-state index contributed by atoms with van der Waals surface area (Å²) in [4.78, 5) is 25.5. The van der Waals surface area contributed by atoms with Crippen LogP contribution in [0.2, 0.25) is 0 Å². The zero-order chi connectivity index (χ0) is 15.4. The van der Waals surface area contributed by atoms with Gasteiger partial charge < -0.3 is 5.32 Å². The molecule has 0 saturated carbocycles. The molecule has 0 radical (unpaired) electrons. The second-order valence-corrected chi connectivity index (χ2v) is 5.82. The number of amides is 1. The predicted octanol–water partition coefficient (Wildman–Crippen LogP) is 2.60. The van der Waals surface area contributed by atoms with Crippen LogP contribution in [0.3, 0.4) is 0 Å². The van der Waals surface area contributed by atoms with E-state index in [-0.39, 0.29) is 5.91 Å². The van der Waals surface area contributed by atoms with E-state index in [1.54, 1.807) is 47.0 Å². The Hall–Kier alpha value is -2.54. The van der Waals surface area contributed by atoms with Gasteiger partial charge in [0.2, 0.25) is 11.9 Å². The molecular formula is C15H15N5OS. The van der Waals surface area contributed by atoms with E-state index >= 15 is 0 Å². The molecule has 3 aromatic rings. The van der Waals surface area contributed by atoms with Gasteiger partial charge in [-0.15, -0.1) is 11.3 Å². The molecule has 0 saturated heterocycles. The van der Waals surface area contributed by atoms with Crippen LogP contribution in [0.25, 0.3) is 5.95 Å². The predicted molar refractivity (Wildman–Crippen MR) is 85.2 cm³/mol. The van der Waals surface area contributed by atoms with Crippen LogP contribution in [-0.4, -0.2) is 25.4 Å². The van der Waals surface area contributed by atoms with E-state index in [1.165, 1.54) is 10.4 Å². The van der Waals surface area contributed by atoms with Gasteiger partial charge in [0.25, 0.3) is 0 Å². The lowest BCUT2D eigenvalue weighted by Crippen LogP contribution is -2.13. The second kappa shape index (κ2) is 6.48. The van der Waals surface area contributed by atoms with Gasteiger partial charge >= 0.3 is 0 Å². The van der Waals surface area contributed by atoms with Crippen LogP contribution in [0.4, 0.5) is 5.69 Å². The monoisotopic (exact) mass is 313 g/mol. The maximum absolute atomic E-state index is 12.0. The van der Waals surface area contributed by atoms with Gasteiger partial charge in [-0.2, -0.15) is 0 Å². The summed E-state index contributed by atoms with van der Waals surface area (Å²) in [5, 5.41) is 4.86. The lowest BCUT2D eigenvalue weighted by atomic mass is 10.2. The summed E-state index contributed by atoms with van der Waals surface area (Å²) >= 11 is 1.68. The molecule has 0 fully saturated rings. The molecule has 112 valence electrons. The Balaban J connectivity index is 1.56. The van der Waals surface area contributed by atoms with E-state index in [1.807, 2.05) is 5.38 Å². The number of carbonyl (C=O) groups is 1. The summed E-state index contributed by atoms with van der Waals surface area (Å²) < 4.78 is 1.70. The minimum atomic E-state index is -0.0354. The number of aromatic nitrogens is 4. The van der Waals surface area contributed by atoms with Gasteiger partial charge in [-0.3, -0.25) is 9.36 Å². The van der Waals surface area contributed by atoms with Gasteiger partial charge in [0.1, 0.15) is 6.33 Å². The Morgan fingerprint density at radius 3 is 2.82 bits per heavy atom. The molecule has 1 N–H and O–H groups in total. The fourth-order valence-corrected chi connectivity index (χ4v) is 2.92. The van der Waals surface area contributed by atoms with Crippen LogP contribution < -0.4 is 5.32 Å². The van der Waals surface area contributed by atoms with E-state index in [0.29, 0.717) is 18.1 Å². The van der Waals surface area contributed by atoms with Crippen molar-refractivity contribution in [1.29, 1.82) is 0 Å². The largest absolute Gasteiger partial charge is 0.323 e. The van der Waals surface area contributed by atoms with Crippen molar-refractivity contribution in [3.05, 3.63) is 53.0 Å². The number of aryl methyl sites for hydroxylation is 2. The summed E-state index contributed by atoms with van der Waals surface area (Å²) in [6, 6.07) is 2.07. The van der Waals surface area contributed by atoms with E-state index in [0.717, 1.165) is 6.42 Å². The smallest absolute Gasteiger partial charge is 0.234 e. The molecule has 0 aliphatic rings. The van der Waals surface area contributed by atoms with Crippen LogP contribution in [0.5, 0.6) is 0 Å². The molecule has 3 rings (SSSR count). The Labute approximate surface area is 131 Å². The Kier molecular flexibility index (Phi) is 4.24. The molecule has 22 heavy (non-hydrogen) atoms. The number of nitrogens with zero attached hydrogens (tertiary/aromatic N) is 4. The zero-order valence-electron chi connectivity index (χ0n) is 12.1. The van der Waals surface area contributed by atoms with Gasteiger partial charge in [-0.05, 0) is 30.4 Å². The first kappa shape index (κ1) is 14.4. The van der Waals surface area contributed by atoms with Crippen molar-refractivity contribution < 1.29 is 4.79 Å². The molecule has 0 spiro atoms. The summed E-state index contributed by atoms with van der Waals surface area (Å²) in [6.45, 7) is 2.06. The molecule has 1 amide bonds. The third-order valence-electron chi connectivity index (χ3n) is 3.20. The minimum absolute atomic E-state index is 0.0354. The molecule has 0 unspecified atom stereocenters. The van der Waals surface area contributed by atoms with Crippen molar-refractivity contribution in [2.24, 2.45) is 0 Å². The topological polar surface area (TPSA) is 72.7 Å². The lowest BCUT2D eigenvalue weighted by molar-refractivity contribution is -0.116. The third kappa shape index (κ3) is 3.37. The normalized spacial score (nSPS) is 10.6. The maximum Gasteiger partial charge on any atom is 0.234 e. The first-order valence-electron chi connectivity index (χ1n) is 6.85. The highest BCUT2D eigenvalue weighted by Crippen LogP contribution is 2.17. The van der Waals surface area contributed by atoms with Crippen molar-refractivity contribution >= 4 is 22.9 Å². The minimum Gasteiger partial charge on any atom is -0.323 e. The highest BCUT2D eigenvalue weighted by Gasteiger charge is 2.07. The number of carbonyl (C=O) groups excluding carboxylic acids is 1. The van der Waals surface area contributed by atoms with Gasteiger partial charge in [-0.25, -0.2) is 15.0 Å². The molecular weight excluding hydrogens is 298 g/mol. The summed E-state index contributed by atoms with van der Waals surface area (Å²) in [5.74, 6) is 0.483. The number of anilines is 1. The summed E-state index contributed by atoms with van der Waals surface area (Å²) in [5.41, 5.74) is 1.84. The number of nitrogens with one attached hydrogen (secondary N) is 1. The fourth-order valence-electron chi connectivity index (χ4n) is 2.01. The van der Waals surface area contributed by atoms with Crippen LogP contribution in [-0.2, 0) is 11.2 Å². The molecule has 0 atom stereocenters. The Morgan fingerprint density at radius 2 is 2.18 bits per heavy atom. The van der Waals surface area contributed by atoms with Crippen LogP contribution >= 0.6 is 11.3 Å². The number of thiophene rings is 1. The summed E-state index contributed by atoms with van der Waals surface area (Å²) in [6.07, 6.45) is 9.43. The molecule has 7 heteroatoms. The number of rotatable bonds is 5. The molecule has 0 aliphatic heterocycles. The van der Waals surface area contributed by atoms with Gasteiger partial charge in [0.05, 0.1) is 18.1 Å². The highest BCUT2D eigenvalue weighted by atomic mass is 32.1. The van der Waals surface area contributed by atoms with Gasteiger partial charge in [0.15, 0.2) is 0 Å². The average molecular weight is 313 g/mol. The van der Waals surface area contributed by atoms with Crippen LogP contribution in [0, 0.1) is 6.92 Å². The lowest BCUT2D eigenvalue weighted by Gasteiger charge is -2.05. The maximum atomic E-state index is 12.0. The second-order valence-electron chi connectivity index (χ2n) is 4.82. The quantitative estimate of drug-likeness (QED) is 0.786. The van der Waals surface area contributed by atoms with E-state index in [2.05, 4.69) is 33.3 Å². The molecule has 0 aliphatic carbocycles. The van der Waals surface area contributed by atoms with E-state index in [4.69, 9.17) is 0 Å². The van der Waals surface area contributed by atoms with Gasteiger partial charge in [0, 0.05) is 23.7 Å². The highest BCUT2D eigenvalue weighted by molar-refractivity contribution is 7.10. The average Bonchev–Trinajstić information content (AvgIpc) is 3.18. The SMILES string of the molecule is Cc1ccsc1CCC(=O)Nc1cnc(-n2ccnc2)nc1. The van der Waals surface area contributed by atoms with Crippen LogP contribution in [0.15, 0.2) is 42.6 Å².